The monoisotopic (exact) mass is 465 g/mol. The van der Waals surface area contributed by atoms with Gasteiger partial charge in [-0.3, -0.25) is 13.9 Å². The van der Waals surface area contributed by atoms with Gasteiger partial charge in [0.2, 0.25) is 5.95 Å². The summed E-state index contributed by atoms with van der Waals surface area (Å²) >= 11 is 0. The van der Waals surface area contributed by atoms with E-state index in [1.807, 2.05) is 4.57 Å². The number of hydrogen-bond donors (Lipinski definition) is 2. The Morgan fingerprint density at radius 1 is 1.29 bits per heavy atom. The number of benzene rings is 1. The summed E-state index contributed by atoms with van der Waals surface area (Å²) in [4.78, 5) is 34.1. The van der Waals surface area contributed by atoms with Crippen LogP contribution in [0.1, 0.15) is 56.3 Å². The number of carbonyl (C=O) groups is 1. The molecule has 3 N–H and O–H groups in total. The Bertz CT molecular complexity index is 1440. The van der Waals surface area contributed by atoms with Crippen LogP contribution in [0, 0.1) is 36.4 Å². The Hall–Kier alpha value is -3.23. The standard InChI is InChI=1S/C25H29FN6O2/c1-12-4-17(21(27)33)18(26)7-19(12)29-23-28-11-20-22(30-23)32(24(34)31(20)3)25-8-14-5-15(9-25)13(2)16(6-14)10-25/h4,7,11,13-16H,5-6,8-10H2,1-3H3,(H2,27,33)(H,28,29,30)/i13D. The molecule has 34 heavy (non-hydrogen) atoms. The Labute approximate surface area is 197 Å². The second-order valence-electron chi connectivity index (χ2n) is 10.5. The molecule has 7 rings (SSSR count). The zero-order valence-corrected chi connectivity index (χ0v) is 19.6. The summed E-state index contributed by atoms with van der Waals surface area (Å²) in [6, 6.07) is 2.60. The molecule has 0 aliphatic heterocycles. The fourth-order valence-corrected chi connectivity index (χ4v) is 6.96. The smallest absolute Gasteiger partial charge is 0.330 e. The normalized spacial score (nSPS) is 32.2. The first-order valence-electron chi connectivity index (χ1n) is 12.3. The van der Waals surface area contributed by atoms with Crippen LogP contribution in [0.25, 0.3) is 11.2 Å². The Morgan fingerprint density at radius 2 is 2.00 bits per heavy atom. The lowest BCUT2D eigenvalue weighted by Crippen LogP contribution is -2.57. The van der Waals surface area contributed by atoms with E-state index in [0.717, 1.165) is 32.1 Å². The van der Waals surface area contributed by atoms with Gasteiger partial charge in [-0.1, -0.05) is 6.92 Å². The van der Waals surface area contributed by atoms with E-state index in [4.69, 9.17) is 12.1 Å². The number of anilines is 2. The zero-order chi connectivity index (χ0) is 24.9. The van der Waals surface area contributed by atoms with Crippen molar-refractivity contribution in [2.24, 2.45) is 36.4 Å². The van der Waals surface area contributed by atoms with Gasteiger partial charge in [-0.15, -0.1) is 0 Å². The fraction of sp³-hybridized carbons (Fsp3) is 0.520. The topological polar surface area (TPSA) is 108 Å². The lowest BCUT2D eigenvalue weighted by atomic mass is 9.49. The van der Waals surface area contributed by atoms with Crippen molar-refractivity contribution >= 4 is 28.7 Å². The van der Waals surface area contributed by atoms with E-state index < -0.39 is 17.6 Å². The number of rotatable bonds is 4. The molecule has 4 aliphatic rings. The Kier molecular flexibility index (Phi) is 4.23. The number of carbonyl (C=O) groups excluding carboxylic acids is 1. The molecule has 2 unspecified atom stereocenters. The fourth-order valence-electron chi connectivity index (χ4n) is 6.96. The maximum Gasteiger partial charge on any atom is 0.330 e. The van der Waals surface area contributed by atoms with Crippen LogP contribution in [0.5, 0.6) is 0 Å². The molecular weight excluding hydrogens is 435 g/mol. The summed E-state index contributed by atoms with van der Waals surface area (Å²) in [6.07, 6.45) is 6.29. The van der Waals surface area contributed by atoms with Crippen LogP contribution < -0.4 is 16.7 Å². The molecule has 4 saturated carbocycles. The van der Waals surface area contributed by atoms with E-state index in [9.17, 15) is 14.0 Å². The van der Waals surface area contributed by atoms with Gasteiger partial charge in [-0.25, -0.2) is 14.2 Å². The van der Waals surface area contributed by atoms with Gasteiger partial charge < -0.3 is 11.1 Å². The molecule has 1 aromatic carbocycles. The number of amides is 1. The van der Waals surface area contributed by atoms with E-state index >= 15 is 0 Å². The molecular formula is C25H29FN6O2. The summed E-state index contributed by atoms with van der Waals surface area (Å²) in [5.41, 5.74) is 6.83. The van der Waals surface area contributed by atoms with E-state index in [2.05, 4.69) is 17.2 Å². The molecule has 178 valence electrons. The van der Waals surface area contributed by atoms with Crippen molar-refractivity contribution in [3.63, 3.8) is 0 Å². The van der Waals surface area contributed by atoms with Crippen LogP contribution in [-0.2, 0) is 12.6 Å². The molecule has 4 fully saturated rings. The SMILES string of the molecule is [2H]C1(C)C2CC3CC1CC(n1c(=O)n(C)c4cnc(Nc5cc(F)c(C(N)=O)cc5C)nc41)(C3)C2. The van der Waals surface area contributed by atoms with Crippen LogP contribution >= 0.6 is 0 Å². The van der Waals surface area contributed by atoms with Crippen molar-refractivity contribution in [2.75, 3.05) is 5.32 Å². The Morgan fingerprint density at radius 3 is 2.68 bits per heavy atom. The Balaban J connectivity index is 1.44. The van der Waals surface area contributed by atoms with Crippen LogP contribution in [0.4, 0.5) is 16.0 Å². The second kappa shape index (κ2) is 7.13. The van der Waals surface area contributed by atoms with Crippen LogP contribution in [-0.4, -0.2) is 25.0 Å². The molecule has 4 aliphatic carbocycles. The average Bonchev–Trinajstić information content (AvgIpc) is 3.04. The molecule has 0 spiro atoms. The van der Waals surface area contributed by atoms with Crippen molar-refractivity contribution in [3.8, 4) is 0 Å². The number of nitrogens with one attached hydrogen (secondary N) is 1. The van der Waals surface area contributed by atoms with Crippen molar-refractivity contribution < 1.29 is 10.6 Å². The highest BCUT2D eigenvalue weighted by Crippen LogP contribution is 2.61. The highest BCUT2D eigenvalue weighted by molar-refractivity contribution is 5.94. The second-order valence-corrected chi connectivity index (χ2v) is 10.5. The third kappa shape index (κ3) is 2.95. The van der Waals surface area contributed by atoms with E-state index in [1.54, 1.807) is 24.7 Å². The third-order valence-electron chi connectivity index (χ3n) is 8.55. The molecule has 2 heterocycles. The number of aryl methyl sites for hydroxylation is 2. The number of nitrogens with two attached hydrogens (primary N) is 1. The van der Waals surface area contributed by atoms with Crippen LogP contribution in [0.15, 0.2) is 23.1 Å². The zero-order valence-electron chi connectivity index (χ0n) is 20.6. The first-order valence-corrected chi connectivity index (χ1v) is 11.8. The highest BCUT2D eigenvalue weighted by atomic mass is 19.1. The molecule has 2 aromatic heterocycles. The molecule has 9 heteroatoms. The van der Waals surface area contributed by atoms with E-state index in [1.165, 1.54) is 12.1 Å². The van der Waals surface area contributed by atoms with Crippen molar-refractivity contribution in [1.29, 1.82) is 0 Å². The minimum absolute atomic E-state index is 0.117. The number of nitrogens with zero attached hydrogens (tertiary/aromatic N) is 4. The largest absolute Gasteiger partial charge is 0.366 e. The molecule has 2 atom stereocenters. The molecule has 3 aromatic rings. The van der Waals surface area contributed by atoms with Gasteiger partial charge in [0.05, 0.1) is 17.3 Å². The predicted molar refractivity (Wildman–Crippen MR) is 126 cm³/mol. The van der Waals surface area contributed by atoms with Gasteiger partial charge >= 0.3 is 5.69 Å². The minimum Gasteiger partial charge on any atom is -0.366 e. The minimum atomic E-state index is -0.831. The summed E-state index contributed by atoms with van der Waals surface area (Å²) in [5.74, 6) is -0.704. The van der Waals surface area contributed by atoms with Crippen LogP contribution in [0.2, 0.25) is 0 Å². The van der Waals surface area contributed by atoms with Gasteiger partial charge in [0, 0.05) is 14.1 Å². The molecule has 0 saturated heterocycles. The van der Waals surface area contributed by atoms with Crippen molar-refractivity contribution in [2.45, 2.75) is 51.5 Å². The quantitative estimate of drug-likeness (QED) is 0.612. The highest BCUT2D eigenvalue weighted by Gasteiger charge is 2.56. The molecule has 4 bridgehead atoms. The van der Waals surface area contributed by atoms with E-state index in [-0.39, 0.29) is 34.6 Å². The summed E-state index contributed by atoms with van der Waals surface area (Å²) < 4.78 is 26.8. The number of fused-ring (bicyclic) bond motifs is 1. The lowest BCUT2D eigenvalue weighted by Gasteiger charge is -2.59. The van der Waals surface area contributed by atoms with E-state index in [0.29, 0.717) is 28.3 Å². The van der Waals surface area contributed by atoms with Gasteiger partial charge in [-0.05, 0) is 80.4 Å². The summed E-state index contributed by atoms with van der Waals surface area (Å²) in [7, 11) is 1.73. The number of primary amides is 1. The molecule has 0 radical (unpaired) electrons. The number of imidazole rings is 1. The summed E-state index contributed by atoms with van der Waals surface area (Å²) in [6.45, 7) is 3.80. The molecule has 8 nitrogen and oxygen atoms in total. The summed E-state index contributed by atoms with van der Waals surface area (Å²) in [5, 5.41) is 3.05. The van der Waals surface area contributed by atoms with Crippen LogP contribution in [0.3, 0.4) is 0 Å². The first kappa shape index (κ1) is 20.2. The van der Waals surface area contributed by atoms with Crippen molar-refractivity contribution in [1.82, 2.24) is 19.1 Å². The van der Waals surface area contributed by atoms with Gasteiger partial charge in [-0.2, -0.15) is 4.98 Å². The van der Waals surface area contributed by atoms with Gasteiger partial charge in [0.25, 0.3) is 5.91 Å². The average molecular weight is 466 g/mol. The maximum atomic E-state index is 14.4. The maximum absolute atomic E-state index is 14.4. The third-order valence-corrected chi connectivity index (χ3v) is 8.55. The molecule has 1 amide bonds. The van der Waals surface area contributed by atoms with Gasteiger partial charge in [0.15, 0.2) is 5.65 Å². The lowest BCUT2D eigenvalue weighted by molar-refractivity contribution is -0.0801. The van der Waals surface area contributed by atoms with Gasteiger partial charge in [0.1, 0.15) is 11.3 Å². The number of hydrogen-bond acceptors (Lipinski definition) is 5. The first-order chi connectivity index (χ1) is 16.5. The number of aromatic nitrogens is 4. The predicted octanol–water partition coefficient (Wildman–Crippen LogP) is 3.59. The number of halogens is 1. The van der Waals surface area contributed by atoms with Crippen molar-refractivity contribution in [3.05, 3.63) is 45.8 Å².